The van der Waals surface area contributed by atoms with Crippen LogP contribution in [0.25, 0.3) is 0 Å². The fourth-order valence-electron chi connectivity index (χ4n) is 4.66. The number of nitrogens with zero attached hydrogens (tertiary/aromatic N) is 3. The van der Waals surface area contributed by atoms with Gasteiger partial charge in [0.15, 0.2) is 0 Å². The van der Waals surface area contributed by atoms with Crippen molar-refractivity contribution in [2.75, 3.05) is 19.6 Å². The number of phenols is 2. The van der Waals surface area contributed by atoms with Crippen molar-refractivity contribution in [3.05, 3.63) is 53.1 Å². The van der Waals surface area contributed by atoms with E-state index in [1.54, 1.807) is 10.6 Å². The summed E-state index contributed by atoms with van der Waals surface area (Å²) in [4.78, 5) is 30.5. The summed E-state index contributed by atoms with van der Waals surface area (Å²) in [6.45, 7) is 8.40. The summed E-state index contributed by atoms with van der Waals surface area (Å²) >= 11 is 0. The summed E-state index contributed by atoms with van der Waals surface area (Å²) in [6.07, 6.45) is 1.31. The van der Waals surface area contributed by atoms with Crippen molar-refractivity contribution >= 4 is 29.2 Å². The van der Waals surface area contributed by atoms with E-state index in [4.69, 9.17) is 0 Å². The lowest BCUT2D eigenvalue weighted by Crippen LogP contribution is -2.45. The number of amides is 1. The number of phenolic OH excluding ortho intramolecular Hbond substituents is 2. The Bertz CT molecular complexity index is 1230. The number of hydrogen-bond acceptors (Lipinski definition) is 6. The van der Waals surface area contributed by atoms with Gasteiger partial charge < -0.3 is 20.6 Å². The van der Waals surface area contributed by atoms with Crippen molar-refractivity contribution in [2.45, 2.75) is 46.1 Å². The number of likely N-dealkylation sites (tertiary alicyclic amines) is 1. The van der Waals surface area contributed by atoms with Crippen LogP contribution in [-0.2, 0) is 16.1 Å². The molecular weight excluding hydrogens is 460 g/mol. The molecule has 2 aliphatic heterocycles. The van der Waals surface area contributed by atoms with Gasteiger partial charge in [-0.2, -0.15) is 4.58 Å². The molecule has 4 N–H and O–H groups in total. The van der Waals surface area contributed by atoms with Crippen molar-refractivity contribution in [3.63, 3.8) is 0 Å². The standard InChI is InChI=1S/C27H32N4O5/c1-4-28-26(34)25-29-24(21-13-20(16(2)3)22(32)14-23(21)33)31(25)19-7-5-17(6-8-19)15-30-11-9-18(10-12-30)27(35)36/h5-8,13-14,16,18H,4,9-12,15H2,1-3H3,(H3,28,32,33,34,35,36)/p+1. The number of aliphatic carboxylic acids is 1. The number of hydrogen-bond donors (Lipinski definition) is 4. The van der Waals surface area contributed by atoms with Crippen molar-refractivity contribution < 1.29 is 29.5 Å². The molecule has 0 aliphatic carbocycles. The Kier molecular flexibility index (Phi) is 7.40. The molecule has 1 fully saturated rings. The second-order valence-corrected chi connectivity index (χ2v) is 9.59. The van der Waals surface area contributed by atoms with Crippen molar-refractivity contribution in [1.82, 2.24) is 10.2 Å². The Morgan fingerprint density at radius 2 is 1.78 bits per heavy atom. The molecule has 0 spiro atoms. The molecule has 2 aromatic rings. The minimum atomic E-state index is -0.717. The highest BCUT2D eigenvalue weighted by molar-refractivity contribution is 6.41. The fraction of sp³-hybridized carbons (Fsp3) is 0.407. The van der Waals surface area contributed by atoms with Crippen LogP contribution in [0.1, 0.15) is 56.2 Å². The number of carboxylic acids is 1. The number of carbonyl (C=O) groups is 2. The monoisotopic (exact) mass is 493 g/mol. The van der Waals surface area contributed by atoms with E-state index in [1.165, 1.54) is 6.07 Å². The van der Waals surface area contributed by atoms with Crippen molar-refractivity contribution in [2.24, 2.45) is 10.9 Å². The summed E-state index contributed by atoms with van der Waals surface area (Å²) in [6, 6.07) is 10.8. The molecule has 2 aromatic carbocycles. The van der Waals surface area contributed by atoms with E-state index in [0.717, 1.165) is 30.9 Å². The van der Waals surface area contributed by atoms with Crippen LogP contribution in [0.15, 0.2) is 41.4 Å². The van der Waals surface area contributed by atoms with Crippen LogP contribution in [0.2, 0.25) is 0 Å². The van der Waals surface area contributed by atoms with Crippen LogP contribution in [0, 0.1) is 5.92 Å². The third-order valence-electron chi connectivity index (χ3n) is 6.72. The molecule has 1 saturated heterocycles. The van der Waals surface area contributed by atoms with E-state index >= 15 is 0 Å². The molecule has 0 aromatic heterocycles. The molecule has 190 valence electrons. The number of aromatic hydroxyl groups is 2. The Hall–Kier alpha value is -3.72. The molecule has 2 heterocycles. The fourth-order valence-corrected chi connectivity index (χ4v) is 4.66. The maximum Gasteiger partial charge on any atom is 0.337 e. The Morgan fingerprint density at radius 3 is 2.36 bits per heavy atom. The molecule has 0 radical (unpaired) electrons. The molecule has 0 saturated carbocycles. The number of benzene rings is 2. The zero-order chi connectivity index (χ0) is 26.0. The SMILES string of the molecule is CCNC(=O)C1=NC(c2cc(C(C)C)c(O)cc2O)=[N+]1c1ccc(CN2CCC(C(=O)O)CC2)cc1. The first-order chi connectivity index (χ1) is 17.2. The normalized spacial score (nSPS) is 16.6. The smallest absolute Gasteiger partial charge is 0.337 e. The third kappa shape index (κ3) is 5.11. The van der Waals surface area contributed by atoms with Crippen LogP contribution in [0.4, 0.5) is 5.69 Å². The summed E-state index contributed by atoms with van der Waals surface area (Å²) in [5.74, 6) is -0.694. The van der Waals surface area contributed by atoms with Crippen LogP contribution < -0.4 is 5.32 Å². The van der Waals surface area contributed by atoms with Gasteiger partial charge in [0.2, 0.25) is 0 Å². The van der Waals surface area contributed by atoms with Crippen molar-refractivity contribution in [1.29, 1.82) is 0 Å². The van der Waals surface area contributed by atoms with E-state index in [9.17, 15) is 24.9 Å². The summed E-state index contributed by atoms with van der Waals surface area (Å²) < 4.78 is 1.71. The minimum absolute atomic E-state index is 0.0161. The van der Waals surface area contributed by atoms with E-state index in [1.807, 2.05) is 45.0 Å². The largest absolute Gasteiger partial charge is 0.508 e. The number of rotatable bonds is 8. The Labute approximate surface area is 210 Å². The molecule has 0 bridgehead atoms. The highest BCUT2D eigenvalue weighted by atomic mass is 16.4. The average molecular weight is 494 g/mol. The lowest BCUT2D eigenvalue weighted by Gasteiger charge is -2.30. The zero-order valence-electron chi connectivity index (χ0n) is 20.9. The molecule has 0 unspecified atom stereocenters. The number of nitrogens with one attached hydrogen (secondary N) is 1. The van der Waals surface area contributed by atoms with Crippen LogP contribution in [-0.4, -0.2) is 68.0 Å². The number of likely N-dealkylation sites (N-methyl/N-ethyl adjacent to an activating group) is 1. The first kappa shape index (κ1) is 25.4. The number of amidine groups is 2. The second-order valence-electron chi connectivity index (χ2n) is 9.59. The topological polar surface area (TPSA) is 125 Å². The maximum atomic E-state index is 12.7. The Balaban J connectivity index is 1.61. The Morgan fingerprint density at radius 1 is 1.11 bits per heavy atom. The highest BCUT2D eigenvalue weighted by Gasteiger charge is 2.38. The van der Waals surface area contributed by atoms with E-state index in [-0.39, 0.29) is 35.1 Å². The molecule has 9 nitrogen and oxygen atoms in total. The molecule has 9 heteroatoms. The summed E-state index contributed by atoms with van der Waals surface area (Å²) in [7, 11) is 0. The third-order valence-corrected chi connectivity index (χ3v) is 6.72. The zero-order valence-corrected chi connectivity index (χ0v) is 20.9. The second kappa shape index (κ2) is 10.5. The van der Waals surface area contributed by atoms with Gasteiger partial charge in [0.05, 0.1) is 11.5 Å². The van der Waals surface area contributed by atoms with Gasteiger partial charge in [0.1, 0.15) is 17.2 Å². The molecule has 4 rings (SSSR count). The molecule has 0 atom stereocenters. The van der Waals surface area contributed by atoms with Gasteiger partial charge in [-0.3, -0.25) is 14.5 Å². The van der Waals surface area contributed by atoms with Crippen molar-refractivity contribution in [3.8, 4) is 11.5 Å². The van der Waals surface area contributed by atoms with Gasteiger partial charge in [-0.05, 0) is 68.1 Å². The minimum Gasteiger partial charge on any atom is -0.508 e. The summed E-state index contributed by atoms with van der Waals surface area (Å²) in [5.41, 5.74) is 2.93. The number of carbonyl (C=O) groups excluding carboxylic acids is 1. The van der Waals surface area contributed by atoms with E-state index in [2.05, 4.69) is 15.2 Å². The van der Waals surface area contributed by atoms with Gasteiger partial charge in [-0.15, -0.1) is 0 Å². The van der Waals surface area contributed by atoms with Gasteiger partial charge >= 0.3 is 17.7 Å². The lowest BCUT2D eigenvalue weighted by molar-refractivity contribution is -0.320. The quantitative estimate of drug-likeness (QED) is 0.419. The van der Waals surface area contributed by atoms with Crippen LogP contribution >= 0.6 is 0 Å². The molecule has 36 heavy (non-hydrogen) atoms. The van der Waals surface area contributed by atoms with Gasteiger partial charge in [0, 0.05) is 19.2 Å². The first-order valence-corrected chi connectivity index (χ1v) is 12.3. The highest BCUT2D eigenvalue weighted by Crippen LogP contribution is 2.35. The van der Waals surface area contributed by atoms with Gasteiger partial charge in [-0.25, -0.2) is 0 Å². The van der Waals surface area contributed by atoms with Gasteiger partial charge in [-0.1, -0.05) is 31.0 Å². The first-order valence-electron chi connectivity index (χ1n) is 12.3. The average Bonchev–Trinajstić information content (AvgIpc) is 2.81. The number of aliphatic imine (C=N–C) groups is 1. The predicted molar refractivity (Wildman–Crippen MR) is 136 cm³/mol. The number of piperidine rings is 1. The molecule has 1 amide bonds. The predicted octanol–water partition coefficient (Wildman–Crippen LogP) is 3.16. The lowest BCUT2D eigenvalue weighted by atomic mass is 9.97. The molecular formula is C27H33N4O5+. The van der Waals surface area contributed by atoms with E-state index in [0.29, 0.717) is 36.3 Å². The maximum absolute atomic E-state index is 12.7. The van der Waals surface area contributed by atoms with E-state index < -0.39 is 5.97 Å². The summed E-state index contributed by atoms with van der Waals surface area (Å²) in [5, 5.41) is 32.8. The molecule has 2 aliphatic rings. The van der Waals surface area contributed by atoms with Gasteiger partial charge in [0.25, 0.3) is 5.84 Å². The van der Waals surface area contributed by atoms with Crippen LogP contribution in [0.5, 0.6) is 11.5 Å². The van der Waals surface area contributed by atoms with Crippen LogP contribution in [0.3, 0.4) is 0 Å². The number of carboxylic acid groups (broad SMARTS) is 1.